The number of rotatable bonds is 15. The van der Waals surface area contributed by atoms with E-state index in [0.717, 1.165) is 17.5 Å². The van der Waals surface area contributed by atoms with Crippen LogP contribution in [0.25, 0.3) is 0 Å². The van der Waals surface area contributed by atoms with Crippen molar-refractivity contribution in [3.8, 4) is 46.0 Å². The second-order valence-corrected chi connectivity index (χ2v) is 10.9. The van der Waals surface area contributed by atoms with E-state index in [-0.39, 0.29) is 36.5 Å². The lowest BCUT2D eigenvalue weighted by Crippen LogP contribution is -2.25. The van der Waals surface area contributed by atoms with Crippen molar-refractivity contribution in [2.24, 2.45) is 11.8 Å². The molecule has 0 saturated carbocycles. The summed E-state index contributed by atoms with van der Waals surface area (Å²) in [6.45, 7) is 0.956. The molecule has 0 heterocycles. The van der Waals surface area contributed by atoms with Gasteiger partial charge in [0.25, 0.3) is 0 Å². The van der Waals surface area contributed by atoms with Crippen LogP contribution >= 0.6 is 0 Å². The van der Waals surface area contributed by atoms with Crippen molar-refractivity contribution in [2.45, 2.75) is 38.9 Å². The van der Waals surface area contributed by atoms with Crippen molar-refractivity contribution in [3.05, 3.63) is 95.1 Å². The SMILES string of the molecule is Oc1ccc(C[C@H](CCCOCc2cc(O)c(O)c(O)c2)[C@@H](COCc2cc(O)c(O)c(O)c2)Cc2ccc(O)cc2)cc1. The molecule has 0 aliphatic carbocycles. The van der Waals surface area contributed by atoms with Crippen LogP contribution in [0.3, 0.4) is 0 Å². The first-order valence-electron chi connectivity index (χ1n) is 14.3. The Hall–Kier alpha value is -4.80. The quantitative estimate of drug-likeness (QED) is 0.0630. The minimum Gasteiger partial charge on any atom is -0.508 e. The van der Waals surface area contributed by atoms with Gasteiger partial charge in [0.1, 0.15) is 11.5 Å². The minimum absolute atomic E-state index is 0.00125. The Morgan fingerprint density at radius 2 is 0.886 bits per heavy atom. The minimum atomic E-state index is -0.589. The maximum absolute atomic E-state index is 9.88. The highest BCUT2D eigenvalue weighted by Gasteiger charge is 2.23. The van der Waals surface area contributed by atoms with E-state index in [2.05, 4.69) is 0 Å². The molecule has 44 heavy (non-hydrogen) atoms. The van der Waals surface area contributed by atoms with Crippen LogP contribution in [0.5, 0.6) is 46.0 Å². The molecule has 2 atom stereocenters. The Morgan fingerprint density at radius 3 is 1.34 bits per heavy atom. The van der Waals surface area contributed by atoms with Gasteiger partial charge < -0.3 is 50.3 Å². The molecule has 0 aliphatic heterocycles. The van der Waals surface area contributed by atoms with Crippen molar-refractivity contribution in [1.29, 1.82) is 0 Å². The smallest absolute Gasteiger partial charge is 0.200 e. The maximum atomic E-state index is 9.88. The summed E-state index contributed by atoms with van der Waals surface area (Å²) in [5, 5.41) is 78.1. The van der Waals surface area contributed by atoms with Gasteiger partial charge in [0, 0.05) is 6.61 Å². The zero-order chi connectivity index (χ0) is 31.6. The van der Waals surface area contributed by atoms with Gasteiger partial charge in [-0.1, -0.05) is 24.3 Å². The molecule has 10 nitrogen and oxygen atoms in total. The molecular formula is C34H38O10. The molecule has 0 aliphatic rings. The lowest BCUT2D eigenvalue weighted by molar-refractivity contribution is 0.0578. The zero-order valence-electron chi connectivity index (χ0n) is 24.1. The summed E-state index contributed by atoms with van der Waals surface area (Å²) in [5.74, 6) is -2.45. The van der Waals surface area contributed by atoms with Gasteiger partial charge in [-0.05, 0) is 108 Å². The standard InChI is InChI=1S/C34H38O10/c35-27-7-3-21(4-8-27)12-25(2-1-11-43-18-23-14-29(37)33(41)30(38)15-23)26(13-22-5-9-28(36)10-6-22)20-44-19-24-16-31(39)34(42)32(40)17-24/h3-10,14-17,25-26,35-42H,1-2,11-13,18-20H2/t25-,26+/m0/s1. The van der Waals surface area contributed by atoms with Gasteiger partial charge >= 0.3 is 0 Å². The van der Waals surface area contributed by atoms with Gasteiger partial charge in [0.2, 0.25) is 0 Å². The lowest BCUT2D eigenvalue weighted by Gasteiger charge is -2.28. The number of hydrogen-bond donors (Lipinski definition) is 8. The summed E-state index contributed by atoms with van der Waals surface area (Å²) in [7, 11) is 0. The normalized spacial score (nSPS) is 12.6. The summed E-state index contributed by atoms with van der Waals surface area (Å²) >= 11 is 0. The summed E-state index contributed by atoms with van der Waals surface area (Å²) in [6, 6.07) is 19.4. The van der Waals surface area contributed by atoms with E-state index >= 15 is 0 Å². The van der Waals surface area contributed by atoms with Crippen molar-refractivity contribution in [1.82, 2.24) is 0 Å². The van der Waals surface area contributed by atoms with E-state index in [0.29, 0.717) is 43.6 Å². The van der Waals surface area contributed by atoms with Crippen LogP contribution in [-0.4, -0.2) is 54.1 Å². The first kappa shape index (κ1) is 32.1. The number of phenolic OH excluding ortho intramolecular Hbond substituents is 8. The lowest BCUT2D eigenvalue weighted by atomic mass is 9.80. The molecule has 0 amide bonds. The van der Waals surface area contributed by atoms with E-state index in [1.807, 2.05) is 24.3 Å². The molecule has 4 rings (SSSR count). The Bertz CT molecular complexity index is 1460. The predicted octanol–water partition coefficient (Wildman–Crippen LogP) is 5.56. The Labute approximate surface area is 255 Å². The van der Waals surface area contributed by atoms with Crippen molar-refractivity contribution >= 4 is 0 Å². The zero-order valence-corrected chi connectivity index (χ0v) is 24.1. The largest absolute Gasteiger partial charge is 0.508 e. The van der Waals surface area contributed by atoms with Gasteiger partial charge in [-0.3, -0.25) is 0 Å². The van der Waals surface area contributed by atoms with E-state index in [1.54, 1.807) is 24.3 Å². The number of aromatic hydroxyl groups is 8. The fourth-order valence-corrected chi connectivity index (χ4v) is 5.19. The molecule has 0 radical (unpaired) electrons. The summed E-state index contributed by atoms with van der Waals surface area (Å²) in [5.41, 5.74) is 3.06. The molecule has 0 spiro atoms. The van der Waals surface area contributed by atoms with Gasteiger partial charge in [-0.2, -0.15) is 0 Å². The highest BCUT2D eigenvalue weighted by molar-refractivity contribution is 5.51. The molecule has 0 saturated heterocycles. The van der Waals surface area contributed by atoms with Gasteiger partial charge in [-0.15, -0.1) is 0 Å². The molecule has 4 aromatic carbocycles. The molecule has 234 valence electrons. The number of ether oxygens (including phenoxy) is 2. The number of benzene rings is 4. The van der Waals surface area contributed by atoms with Crippen LogP contribution in [0, 0.1) is 11.8 Å². The van der Waals surface area contributed by atoms with Crippen molar-refractivity contribution in [2.75, 3.05) is 13.2 Å². The van der Waals surface area contributed by atoms with E-state index in [9.17, 15) is 40.9 Å². The Morgan fingerprint density at radius 1 is 0.477 bits per heavy atom. The van der Waals surface area contributed by atoms with Crippen LogP contribution in [0.15, 0.2) is 72.8 Å². The Balaban J connectivity index is 1.47. The van der Waals surface area contributed by atoms with E-state index < -0.39 is 34.5 Å². The number of hydrogen-bond acceptors (Lipinski definition) is 10. The summed E-state index contributed by atoms with van der Waals surface area (Å²) in [4.78, 5) is 0. The second kappa shape index (κ2) is 15.1. The molecule has 8 N–H and O–H groups in total. The molecule has 0 fully saturated rings. The summed E-state index contributed by atoms with van der Waals surface area (Å²) in [6.07, 6.45) is 2.76. The molecular weight excluding hydrogens is 568 g/mol. The fraction of sp³-hybridized carbons (Fsp3) is 0.294. The Kier molecular flexibility index (Phi) is 11.0. The number of phenols is 8. The third-order valence-electron chi connectivity index (χ3n) is 7.53. The van der Waals surface area contributed by atoms with Crippen LogP contribution in [-0.2, 0) is 35.5 Å². The van der Waals surface area contributed by atoms with E-state index in [1.165, 1.54) is 24.3 Å². The summed E-state index contributed by atoms with van der Waals surface area (Å²) < 4.78 is 11.9. The molecule has 4 aromatic rings. The van der Waals surface area contributed by atoms with Crippen LogP contribution in [0.4, 0.5) is 0 Å². The molecule has 0 bridgehead atoms. The van der Waals surface area contributed by atoms with Crippen LogP contribution in [0.2, 0.25) is 0 Å². The predicted molar refractivity (Wildman–Crippen MR) is 162 cm³/mol. The monoisotopic (exact) mass is 606 g/mol. The fourth-order valence-electron chi connectivity index (χ4n) is 5.19. The highest BCUT2D eigenvalue weighted by Crippen LogP contribution is 2.37. The van der Waals surface area contributed by atoms with Gasteiger partial charge in [0.15, 0.2) is 34.5 Å². The second-order valence-electron chi connectivity index (χ2n) is 10.9. The van der Waals surface area contributed by atoms with Crippen molar-refractivity contribution < 1.29 is 50.3 Å². The maximum Gasteiger partial charge on any atom is 0.200 e. The van der Waals surface area contributed by atoms with Crippen LogP contribution < -0.4 is 0 Å². The first-order valence-corrected chi connectivity index (χ1v) is 14.3. The molecule has 0 unspecified atom stereocenters. The van der Waals surface area contributed by atoms with Crippen molar-refractivity contribution in [3.63, 3.8) is 0 Å². The average molecular weight is 607 g/mol. The first-order chi connectivity index (χ1) is 21.1. The highest BCUT2D eigenvalue weighted by atomic mass is 16.5. The molecule has 0 aromatic heterocycles. The third kappa shape index (κ3) is 9.10. The van der Waals surface area contributed by atoms with Gasteiger partial charge in [-0.25, -0.2) is 0 Å². The van der Waals surface area contributed by atoms with Gasteiger partial charge in [0.05, 0.1) is 19.8 Å². The van der Waals surface area contributed by atoms with Crippen LogP contribution in [0.1, 0.15) is 35.1 Å². The third-order valence-corrected chi connectivity index (χ3v) is 7.53. The van der Waals surface area contributed by atoms with E-state index in [4.69, 9.17) is 9.47 Å². The average Bonchev–Trinajstić information content (AvgIpc) is 2.99. The topological polar surface area (TPSA) is 180 Å². The molecule has 10 heteroatoms.